The first-order chi connectivity index (χ1) is 10.1. The molecule has 0 heterocycles. The smallest absolute Gasteiger partial charge is 0.338 e. The summed E-state index contributed by atoms with van der Waals surface area (Å²) in [6, 6.07) is 7.06. The highest BCUT2D eigenvalue weighted by molar-refractivity contribution is 14.1. The number of nitrogens with one attached hydrogen (secondary N) is 1. The lowest BCUT2D eigenvalue weighted by molar-refractivity contribution is -0.124. The summed E-state index contributed by atoms with van der Waals surface area (Å²) in [7, 11) is 0. The average Bonchev–Trinajstić information content (AvgIpc) is 2.52. The van der Waals surface area contributed by atoms with Crippen LogP contribution in [-0.2, 0) is 9.53 Å². The molecule has 1 N–H and O–H groups in total. The summed E-state index contributed by atoms with van der Waals surface area (Å²) >= 11 is 2.17. The lowest BCUT2D eigenvalue weighted by atomic mass is 9.89. The second-order valence-electron chi connectivity index (χ2n) is 5.39. The van der Waals surface area contributed by atoms with Gasteiger partial charge in [-0.3, -0.25) is 4.79 Å². The number of hydrogen-bond donors (Lipinski definition) is 1. The van der Waals surface area contributed by atoms with Gasteiger partial charge in [-0.1, -0.05) is 19.3 Å². The van der Waals surface area contributed by atoms with Gasteiger partial charge in [0, 0.05) is 10.1 Å². The van der Waals surface area contributed by atoms with Crippen molar-refractivity contribution in [1.82, 2.24) is 5.32 Å². The third-order valence-electron chi connectivity index (χ3n) is 3.73. The fourth-order valence-corrected chi connectivity index (χ4v) is 2.86. The summed E-state index contributed by atoms with van der Waals surface area (Å²) in [4.78, 5) is 23.4. The predicted molar refractivity (Wildman–Crippen MR) is 89.0 cm³/mol. The zero-order chi connectivity index (χ0) is 15.1. The number of carbonyl (C=O) groups excluding carboxylic acids is 2. The van der Waals surface area contributed by atoms with E-state index in [0.29, 0.717) is 18.0 Å². The Balaban J connectivity index is 1.68. The van der Waals surface area contributed by atoms with Crippen molar-refractivity contribution in [3.8, 4) is 0 Å². The molecule has 1 aliphatic carbocycles. The van der Waals surface area contributed by atoms with E-state index in [9.17, 15) is 9.59 Å². The maximum absolute atomic E-state index is 11.8. The van der Waals surface area contributed by atoms with Gasteiger partial charge in [0.1, 0.15) is 0 Å². The first-order valence-corrected chi connectivity index (χ1v) is 8.42. The number of hydrogen-bond acceptors (Lipinski definition) is 3. The van der Waals surface area contributed by atoms with Crippen LogP contribution in [0.3, 0.4) is 0 Å². The quantitative estimate of drug-likeness (QED) is 0.609. The molecule has 0 aromatic heterocycles. The van der Waals surface area contributed by atoms with Gasteiger partial charge < -0.3 is 10.1 Å². The summed E-state index contributed by atoms with van der Waals surface area (Å²) in [5.41, 5.74) is 0.468. The molecule has 0 radical (unpaired) electrons. The van der Waals surface area contributed by atoms with Crippen molar-refractivity contribution >= 4 is 34.5 Å². The minimum absolute atomic E-state index is 0.211. The van der Waals surface area contributed by atoms with Crippen molar-refractivity contribution < 1.29 is 14.3 Å². The van der Waals surface area contributed by atoms with Crippen LogP contribution >= 0.6 is 22.6 Å². The molecule has 1 fully saturated rings. The second-order valence-corrected chi connectivity index (χ2v) is 6.64. The normalized spacial score (nSPS) is 15.5. The molecule has 1 aromatic carbocycles. The Morgan fingerprint density at radius 2 is 1.81 bits per heavy atom. The Morgan fingerprint density at radius 1 is 1.14 bits per heavy atom. The maximum atomic E-state index is 11.8. The fourth-order valence-electron chi connectivity index (χ4n) is 2.50. The summed E-state index contributed by atoms with van der Waals surface area (Å²) in [5, 5.41) is 2.85. The Bertz CT molecular complexity index is 481. The molecule has 0 aliphatic heterocycles. The number of halogens is 1. The fraction of sp³-hybridized carbons (Fsp3) is 0.500. The molecular weight excluding hydrogens is 381 g/mol. The van der Waals surface area contributed by atoms with Crippen LogP contribution in [-0.4, -0.2) is 25.0 Å². The van der Waals surface area contributed by atoms with Crippen LogP contribution < -0.4 is 5.32 Å². The third-order valence-corrected chi connectivity index (χ3v) is 4.45. The minimum atomic E-state index is -0.459. The first-order valence-electron chi connectivity index (χ1n) is 7.34. The highest BCUT2D eigenvalue weighted by Crippen LogP contribution is 2.22. The van der Waals surface area contributed by atoms with Crippen LogP contribution in [0.2, 0.25) is 0 Å². The molecule has 0 spiro atoms. The van der Waals surface area contributed by atoms with E-state index in [2.05, 4.69) is 27.9 Å². The highest BCUT2D eigenvalue weighted by atomic mass is 127. The Labute approximate surface area is 138 Å². The summed E-state index contributed by atoms with van der Waals surface area (Å²) in [6.07, 6.45) is 6.17. The number of rotatable bonds is 5. The predicted octanol–water partition coefficient (Wildman–Crippen LogP) is 3.14. The number of carbonyl (C=O) groups is 2. The van der Waals surface area contributed by atoms with Crippen molar-refractivity contribution in [1.29, 1.82) is 0 Å². The largest absolute Gasteiger partial charge is 0.452 e. The molecule has 114 valence electrons. The van der Waals surface area contributed by atoms with Crippen LogP contribution in [0.4, 0.5) is 0 Å². The lowest BCUT2D eigenvalue weighted by Crippen LogP contribution is -2.33. The lowest BCUT2D eigenvalue weighted by Gasteiger charge is -2.21. The van der Waals surface area contributed by atoms with E-state index < -0.39 is 5.97 Å². The first kappa shape index (κ1) is 16.3. The molecule has 0 bridgehead atoms. The summed E-state index contributed by atoms with van der Waals surface area (Å²) < 4.78 is 6.07. The number of benzene rings is 1. The SMILES string of the molecule is O=C(COC(=O)c1ccc(I)cc1)NCC1CCCCC1. The van der Waals surface area contributed by atoms with Gasteiger partial charge in [-0.2, -0.15) is 0 Å². The van der Waals surface area contributed by atoms with Gasteiger partial charge in [-0.15, -0.1) is 0 Å². The van der Waals surface area contributed by atoms with Crippen molar-refractivity contribution in [2.24, 2.45) is 5.92 Å². The molecular formula is C16H20INO3. The van der Waals surface area contributed by atoms with Crippen LogP contribution in [0.15, 0.2) is 24.3 Å². The maximum Gasteiger partial charge on any atom is 0.338 e. The number of ether oxygens (including phenoxy) is 1. The molecule has 1 aromatic rings. The van der Waals surface area contributed by atoms with E-state index in [1.165, 1.54) is 32.1 Å². The third kappa shape index (κ3) is 5.65. The highest BCUT2D eigenvalue weighted by Gasteiger charge is 2.15. The molecule has 1 amide bonds. The zero-order valence-corrected chi connectivity index (χ0v) is 14.1. The minimum Gasteiger partial charge on any atom is -0.452 e. The van der Waals surface area contributed by atoms with Crippen molar-refractivity contribution in [2.45, 2.75) is 32.1 Å². The van der Waals surface area contributed by atoms with Crippen LogP contribution in [0.5, 0.6) is 0 Å². The van der Waals surface area contributed by atoms with Crippen LogP contribution in [0.1, 0.15) is 42.5 Å². The van der Waals surface area contributed by atoms with E-state index in [-0.39, 0.29) is 12.5 Å². The molecule has 5 heteroatoms. The van der Waals surface area contributed by atoms with E-state index >= 15 is 0 Å². The molecule has 4 nitrogen and oxygen atoms in total. The van der Waals surface area contributed by atoms with Crippen molar-refractivity contribution in [2.75, 3.05) is 13.2 Å². The van der Waals surface area contributed by atoms with Gasteiger partial charge >= 0.3 is 5.97 Å². The van der Waals surface area contributed by atoms with Gasteiger partial charge in [0.05, 0.1) is 5.56 Å². The second kappa shape index (κ2) is 8.36. The van der Waals surface area contributed by atoms with Crippen molar-refractivity contribution in [3.05, 3.63) is 33.4 Å². The Kier molecular flexibility index (Phi) is 6.48. The Morgan fingerprint density at radius 3 is 2.48 bits per heavy atom. The van der Waals surface area contributed by atoms with Crippen LogP contribution in [0, 0.1) is 9.49 Å². The average molecular weight is 401 g/mol. The molecule has 0 atom stereocenters. The van der Waals surface area contributed by atoms with E-state index in [1.54, 1.807) is 12.1 Å². The molecule has 0 saturated heterocycles. The van der Waals surface area contributed by atoms with Gasteiger partial charge in [0.25, 0.3) is 5.91 Å². The molecule has 21 heavy (non-hydrogen) atoms. The van der Waals surface area contributed by atoms with E-state index in [0.717, 1.165) is 3.57 Å². The van der Waals surface area contributed by atoms with E-state index in [1.807, 2.05) is 12.1 Å². The zero-order valence-electron chi connectivity index (χ0n) is 11.9. The van der Waals surface area contributed by atoms with Gasteiger partial charge in [-0.05, 0) is 65.6 Å². The van der Waals surface area contributed by atoms with Crippen LogP contribution in [0.25, 0.3) is 0 Å². The molecule has 1 saturated carbocycles. The molecule has 0 unspecified atom stereocenters. The number of esters is 1. The summed E-state index contributed by atoms with van der Waals surface area (Å²) in [6.45, 7) is 0.484. The monoisotopic (exact) mass is 401 g/mol. The molecule has 2 rings (SSSR count). The Hall–Kier alpha value is -1.11. The van der Waals surface area contributed by atoms with Gasteiger partial charge in [0.2, 0.25) is 0 Å². The standard InChI is InChI=1S/C16H20INO3/c17-14-8-6-13(7-9-14)16(20)21-11-15(19)18-10-12-4-2-1-3-5-12/h6-9,12H,1-5,10-11H2,(H,18,19). The molecule has 1 aliphatic rings. The topological polar surface area (TPSA) is 55.4 Å². The van der Waals surface area contributed by atoms with E-state index in [4.69, 9.17) is 4.74 Å². The number of amides is 1. The van der Waals surface area contributed by atoms with Crippen molar-refractivity contribution in [3.63, 3.8) is 0 Å². The van der Waals surface area contributed by atoms with Gasteiger partial charge in [0.15, 0.2) is 6.61 Å². The summed E-state index contributed by atoms with van der Waals surface area (Å²) in [5.74, 6) is -0.103. The van der Waals surface area contributed by atoms with Gasteiger partial charge in [-0.25, -0.2) is 4.79 Å².